The van der Waals surface area contributed by atoms with Gasteiger partial charge in [-0.3, -0.25) is 4.79 Å². The third-order valence-electron chi connectivity index (χ3n) is 1.04. The summed E-state index contributed by atoms with van der Waals surface area (Å²) in [5.74, 6) is -1.41. The van der Waals surface area contributed by atoms with Crippen LogP contribution in [0.2, 0.25) is 0 Å². The van der Waals surface area contributed by atoms with Crippen LogP contribution in [0, 0.1) is 0 Å². The van der Waals surface area contributed by atoms with Crippen LogP contribution in [-0.4, -0.2) is 23.6 Å². The van der Waals surface area contributed by atoms with Gasteiger partial charge in [0.2, 0.25) is 0 Å². The van der Waals surface area contributed by atoms with Crippen molar-refractivity contribution >= 4 is 18.4 Å². The van der Waals surface area contributed by atoms with Crippen molar-refractivity contribution in [3.63, 3.8) is 0 Å². The number of hydrogen-bond donors (Lipinski definition) is 3. The lowest BCUT2D eigenvalue weighted by Crippen LogP contribution is -2.29. The van der Waals surface area contributed by atoms with E-state index in [4.69, 9.17) is 20.7 Å². The van der Waals surface area contributed by atoms with E-state index in [-0.39, 0.29) is 31.7 Å². The summed E-state index contributed by atoms with van der Waals surface area (Å²) in [6.45, 7) is -1.82. The van der Waals surface area contributed by atoms with E-state index in [9.17, 15) is 4.79 Å². The van der Waals surface area contributed by atoms with Gasteiger partial charge in [-0.1, -0.05) is 6.42 Å². The highest BCUT2D eigenvalue weighted by molar-refractivity contribution is 5.85. The monoisotopic (exact) mass is 185 g/mol. The van der Waals surface area contributed by atoms with Crippen molar-refractivity contribution in [2.45, 2.75) is 25.3 Å². The first-order valence-electron chi connectivity index (χ1n) is 4.46. The maximum absolute atomic E-state index is 10.3. The van der Waals surface area contributed by atoms with E-state index in [2.05, 4.69) is 0 Å². The van der Waals surface area contributed by atoms with E-state index in [1.165, 1.54) is 0 Å². The Morgan fingerprint density at radius 2 is 2.27 bits per heavy atom. The van der Waals surface area contributed by atoms with Gasteiger partial charge < -0.3 is 16.6 Å². The van der Waals surface area contributed by atoms with Gasteiger partial charge in [0.1, 0.15) is 6.02 Å². The molecule has 0 fully saturated rings. The Morgan fingerprint density at radius 3 is 2.64 bits per heavy atom. The minimum atomic E-state index is -2.04. The normalized spacial score (nSPS) is 20.0. The number of nitrogens with two attached hydrogens (primary N) is 2. The number of hydrogen-bond acceptors (Lipinski definition) is 3. The number of aliphatic carboxylic acids is 1. The molecule has 5 heteroatoms. The second kappa shape index (κ2) is 7.78. The first kappa shape index (κ1) is 7.34. The molecule has 4 nitrogen and oxygen atoms in total. The van der Waals surface area contributed by atoms with Crippen LogP contribution in [0.25, 0.3) is 0 Å². The maximum Gasteiger partial charge on any atom is 0.320 e. The molecule has 0 bridgehead atoms. The Morgan fingerprint density at radius 1 is 1.73 bits per heavy atom. The van der Waals surface area contributed by atoms with Crippen LogP contribution >= 0.6 is 12.4 Å². The standard InChI is InChI=1S/C6H14N2O2.ClH/c7-4-2-1-3-5(8)6(9)10;/h5H,1-4,7-8H2,(H,9,10);1H/i4D2,5D;. The molecule has 0 heterocycles. The highest BCUT2D eigenvalue weighted by Gasteiger charge is 2.09. The molecule has 1 atom stereocenters. The average molecular weight is 186 g/mol. The van der Waals surface area contributed by atoms with Crippen LogP contribution in [0.4, 0.5) is 0 Å². The molecule has 0 saturated heterocycles. The minimum absolute atomic E-state index is 0. The lowest BCUT2D eigenvalue weighted by Gasteiger charge is -2.03. The van der Waals surface area contributed by atoms with Crippen LogP contribution in [0.15, 0.2) is 0 Å². The molecule has 0 aromatic rings. The van der Waals surface area contributed by atoms with Gasteiger partial charge >= 0.3 is 5.97 Å². The van der Waals surface area contributed by atoms with Gasteiger partial charge in [0, 0.05) is 2.74 Å². The first-order chi connectivity index (χ1) is 5.65. The first-order valence-corrected chi connectivity index (χ1v) is 2.96. The number of rotatable bonds is 5. The third kappa shape index (κ3) is 7.58. The van der Waals surface area contributed by atoms with Crippen molar-refractivity contribution in [2.75, 3.05) is 6.50 Å². The van der Waals surface area contributed by atoms with E-state index >= 15 is 0 Å². The van der Waals surface area contributed by atoms with Gasteiger partial charge in [-0.05, 0) is 19.3 Å². The molecule has 1 unspecified atom stereocenters. The summed E-state index contributed by atoms with van der Waals surface area (Å²) < 4.78 is 21.0. The van der Waals surface area contributed by atoms with Gasteiger partial charge in [0.05, 0.1) is 1.37 Å². The Bertz CT molecular complexity index is 196. The Hall–Kier alpha value is -0.320. The highest BCUT2D eigenvalue weighted by Crippen LogP contribution is 1.96. The number of carboxylic acids is 1. The molecule has 0 aromatic heterocycles. The topological polar surface area (TPSA) is 89.3 Å². The zero-order chi connectivity index (χ0) is 10.7. The lowest BCUT2D eigenvalue weighted by atomic mass is 10.1. The molecular formula is C6H15ClN2O2. The third-order valence-corrected chi connectivity index (χ3v) is 1.04. The van der Waals surface area contributed by atoms with E-state index in [1.807, 2.05) is 0 Å². The van der Waals surface area contributed by atoms with Crippen molar-refractivity contribution in [2.24, 2.45) is 11.5 Å². The predicted octanol–water partition coefficient (Wildman–Crippen LogP) is -0.0509. The molecule has 0 radical (unpaired) electrons. The fourth-order valence-corrected chi connectivity index (χ4v) is 0.488. The fourth-order valence-electron chi connectivity index (χ4n) is 0.488. The second-order valence-corrected chi connectivity index (χ2v) is 1.89. The molecule has 11 heavy (non-hydrogen) atoms. The van der Waals surface area contributed by atoms with Gasteiger partial charge in [0.25, 0.3) is 0 Å². The summed E-state index contributed by atoms with van der Waals surface area (Å²) in [4.78, 5) is 10.3. The number of carbonyl (C=O) groups is 1. The zero-order valence-electron chi connectivity index (χ0n) is 9.04. The highest BCUT2D eigenvalue weighted by atomic mass is 35.5. The smallest absolute Gasteiger partial charge is 0.320 e. The molecule has 0 rings (SSSR count). The van der Waals surface area contributed by atoms with Crippen LogP contribution in [0.5, 0.6) is 0 Å². The van der Waals surface area contributed by atoms with Gasteiger partial charge in [0.15, 0.2) is 0 Å². The quantitative estimate of drug-likeness (QED) is 0.560. The molecule has 0 aliphatic heterocycles. The molecule has 0 aliphatic rings. The lowest BCUT2D eigenvalue weighted by molar-refractivity contribution is -0.138. The van der Waals surface area contributed by atoms with Crippen molar-refractivity contribution in [1.82, 2.24) is 0 Å². The molecule has 0 aliphatic carbocycles. The SMILES string of the molecule is Cl.[2H]C([2H])(N)CCCC([2H])(N)C(=O)O. The van der Waals surface area contributed by atoms with Gasteiger partial charge in [-0.2, -0.15) is 0 Å². The van der Waals surface area contributed by atoms with E-state index in [0.717, 1.165) is 0 Å². The Balaban J connectivity index is 0. The van der Waals surface area contributed by atoms with Gasteiger partial charge in [-0.25, -0.2) is 0 Å². The predicted molar refractivity (Wildman–Crippen MR) is 45.8 cm³/mol. The van der Waals surface area contributed by atoms with Crippen LogP contribution in [0.1, 0.15) is 23.4 Å². The molecule has 0 saturated carbocycles. The summed E-state index contributed by atoms with van der Waals surface area (Å²) in [5, 5.41) is 8.43. The number of carboxylic acid groups (broad SMARTS) is 1. The summed E-state index contributed by atoms with van der Waals surface area (Å²) in [5.41, 5.74) is 10.1. The largest absolute Gasteiger partial charge is 0.480 e. The van der Waals surface area contributed by atoms with Gasteiger partial charge in [-0.15, -0.1) is 12.4 Å². The van der Waals surface area contributed by atoms with Crippen molar-refractivity contribution in [3.8, 4) is 0 Å². The van der Waals surface area contributed by atoms with E-state index in [1.54, 1.807) is 0 Å². The second-order valence-electron chi connectivity index (χ2n) is 1.89. The van der Waals surface area contributed by atoms with Crippen LogP contribution < -0.4 is 11.5 Å². The summed E-state index contributed by atoms with van der Waals surface area (Å²) in [6.07, 6.45) is 0.0625. The Kier molecular flexibility index (Phi) is 5.19. The minimum Gasteiger partial charge on any atom is -0.480 e. The molecule has 0 spiro atoms. The van der Waals surface area contributed by atoms with Crippen molar-refractivity contribution in [1.29, 1.82) is 0 Å². The van der Waals surface area contributed by atoms with Crippen LogP contribution in [0.3, 0.4) is 0 Å². The van der Waals surface area contributed by atoms with E-state index < -0.39 is 18.5 Å². The summed E-state index contributed by atoms with van der Waals surface area (Å²) in [7, 11) is 0. The zero-order valence-corrected chi connectivity index (χ0v) is 6.86. The molecule has 0 aromatic carbocycles. The average Bonchev–Trinajstić information content (AvgIpc) is 1.82. The molecule has 5 N–H and O–H groups in total. The summed E-state index contributed by atoms with van der Waals surface area (Å²) in [6, 6.07) is -2.04. The molecule has 68 valence electrons. The summed E-state index contributed by atoms with van der Waals surface area (Å²) >= 11 is 0. The van der Waals surface area contributed by atoms with Crippen LogP contribution in [-0.2, 0) is 4.79 Å². The number of halogens is 1. The maximum atomic E-state index is 10.3. The van der Waals surface area contributed by atoms with E-state index in [0.29, 0.717) is 0 Å². The fraction of sp³-hybridized carbons (Fsp3) is 0.833. The molecular weight excluding hydrogens is 168 g/mol. The Labute approximate surface area is 76.6 Å². The van der Waals surface area contributed by atoms with Crippen molar-refractivity contribution < 1.29 is 14.0 Å². The molecule has 0 amide bonds. The van der Waals surface area contributed by atoms with Crippen molar-refractivity contribution in [3.05, 3.63) is 0 Å².